The Labute approximate surface area is 134 Å². The number of ether oxygens (including phenoxy) is 1. The van der Waals surface area contributed by atoms with Gasteiger partial charge in [-0.2, -0.15) is 0 Å². The summed E-state index contributed by atoms with van der Waals surface area (Å²) in [6.07, 6.45) is 11.5. The molecule has 3 N–H and O–H groups in total. The maximum Gasteiger partial charge on any atom is 0.470 e. The van der Waals surface area contributed by atoms with Gasteiger partial charge in [-0.25, -0.2) is 4.57 Å². The summed E-state index contributed by atoms with van der Waals surface area (Å²) in [6.45, 7) is 2.28. The third kappa shape index (κ3) is 16.4. The molecule has 0 aliphatic rings. The molecule has 0 bridgehead atoms. The van der Waals surface area contributed by atoms with Crippen LogP contribution in [-0.2, 0) is 13.8 Å². The van der Waals surface area contributed by atoms with Gasteiger partial charge >= 0.3 is 7.82 Å². The Morgan fingerprint density at radius 3 is 1.86 bits per heavy atom. The van der Waals surface area contributed by atoms with Crippen LogP contribution in [0.2, 0.25) is 0 Å². The first-order valence-corrected chi connectivity index (χ1v) is 9.95. The molecule has 0 aliphatic carbocycles. The predicted molar refractivity (Wildman–Crippen MR) is 86.7 cm³/mol. The van der Waals surface area contributed by atoms with Gasteiger partial charge < -0.3 is 19.6 Å². The smallest absolute Gasteiger partial charge is 0.394 e. The van der Waals surface area contributed by atoms with Crippen molar-refractivity contribution >= 4 is 7.82 Å². The summed E-state index contributed by atoms with van der Waals surface area (Å²) in [6, 6.07) is 0. The molecule has 0 radical (unpaired) electrons. The molecule has 0 amide bonds. The minimum atomic E-state index is -4.56. The van der Waals surface area contributed by atoms with Gasteiger partial charge in [0.25, 0.3) is 0 Å². The largest absolute Gasteiger partial charge is 0.470 e. The van der Waals surface area contributed by atoms with E-state index in [9.17, 15) is 4.57 Å². The van der Waals surface area contributed by atoms with Gasteiger partial charge in [-0.05, 0) is 6.42 Å². The molecule has 0 aromatic rings. The maximum absolute atomic E-state index is 10.6. The molecule has 0 aromatic carbocycles. The van der Waals surface area contributed by atoms with Crippen LogP contribution in [0, 0.1) is 0 Å². The van der Waals surface area contributed by atoms with Crippen molar-refractivity contribution in [3.05, 3.63) is 0 Å². The zero-order chi connectivity index (χ0) is 16.7. The molecule has 0 aromatic heterocycles. The molecule has 1 atom stereocenters. The molecular formula is C15H33O6P. The first-order valence-electron chi connectivity index (χ1n) is 8.42. The van der Waals surface area contributed by atoms with Gasteiger partial charge in [0.05, 0.1) is 13.2 Å². The highest BCUT2D eigenvalue weighted by molar-refractivity contribution is 7.46. The number of phosphoric ester groups is 1. The highest BCUT2D eigenvalue weighted by Gasteiger charge is 2.21. The number of phosphoric acid groups is 1. The van der Waals surface area contributed by atoms with Crippen LogP contribution in [-0.4, -0.2) is 40.8 Å². The molecule has 0 fully saturated rings. The second-order valence-corrected chi connectivity index (χ2v) is 6.85. The average Bonchev–Trinajstić information content (AvgIpc) is 2.46. The number of aliphatic hydroxyl groups excluding tert-OH is 1. The zero-order valence-corrected chi connectivity index (χ0v) is 14.7. The Kier molecular flexibility index (Phi) is 14.6. The fourth-order valence-corrected chi connectivity index (χ4v) is 2.73. The van der Waals surface area contributed by atoms with Gasteiger partial charge in [-0.1, -0.05) is 64.7 Å². The molecule has 0 rings (SSSR count). The van der Waals surface area contributed by atoms with Crippen LogP contribution in [0.3, 0.4) is 0 Å². The predicted octanol–water partition coefficient (Wildman–Crippen LogP) is 3.39. The fraction of sp³-hybridized carbons (Fsp3) is 1.00. The lowest BCUT2D eigenvalue weighted by Gasteiger charge is -2.15. The van der Waals surface area contributed by atoms with Crippen LogP contribution >= 0.6 is 7.82 Å². The Balaban J connectivity index is 3.30. The van der Waals surface area contributed by atoms with E-state index in [-0.39, 0.29) is 6.61 Å². The van der Waals surface area contributed by atoms with Crippen LogP contribution < -0.4 is 0 Å². The summed E-state index contributed by atoms with van der Waals surface area (Å²) in [5.41, 5.74) is 0. The Bertz CT molecular complexity index is 281. The molecule has 1 unspecified atom stereocenters. The zero-order valence-electron chi connectivity index (χ0n) is 13.8. The standard InChI is InChI=1S/C15H33O6P/c1-2-3-4-5-6-7-8-9-10-11-12-20-14-15(13-16)21-22(17,18)19/h15-16H,2-14H2,1H3,(H2,17,18,19). The molecule has 6 nitrogen and oxygen atoms in total. The van der Waals surface area contributed by atoms with E-state index in [1.165, 1.54) is 51.4 Å². The lowest BCUT2D eigenvalue weighted by atomic mass is 10.1. The van der Waals surface area contributed by atoms with E-state index in [0.29, 0.717) is 6.61 Å². The lowest BCUT2D eigenvalue weighted by molar-refractivity contribution is 0.00414. The van der Waals surface area contributed by atoms with Crippen molar-refractivity contribution in [1.82, 2.24) is 0 Å². The van der Waals surface area contributed by atoms with Gasteiger partial charge in [-0.15, -0.1) is 0 Å². The lowest BCUT2D eigenvalue weighted by Crippen LogP contribution is -2.23. The molecule has 0 saturated heterocycles. The number of hydrogen-bond donors (Lipinski definition) is 3. The van der Waals surface area contributed by atoms with Crippen LogP contribution in [0.1, 0.15) is 71.1 Å². The second-order valence-electron chi connectivity index (χ2n) is 5.66. The second kappa shape index (κ2) is 14.6. The third-order valence-corrected chi connectivity index (χ3v) is 4.01. The van der Waals surface area contributed by atoms with Crippen molar-refractivity contribution in [2.24, 2.45) is 0 Å². The summed E-state index contributed by atoms with van der Waals surface area (Å²) < 4.78 is 20.3. The minimum Gasteiger partial charge on any atom is -0.394 e. The monoisotopic (exact) mass is 340 g/mol. The van der Waals surface area contributed by atoms with Crippen molar-refractivity contribution in [1.29, 1.82) is 0 Å². The molecule has 7 heteroatoms. The number of unbranched alkanes of at least 4 members (excludes halogenated alkanes) is 9. The summed E-state index contributed by atoms with van der Waals surface area (Å²) in [5.74, 6) is 0. The quantitative estimate of drug-likeness (QED) is 0.294. The van der Waals surface area contributed by atoms with Gasteiger partial charge in [0.2, 0.25) is 0 Å². The van der Waals surface area contributed by atoms with Crippen LogP contribution in [0.25, 0.3) is 0 Å². The Hall–Kier alpha value is 0.0300. The van der Waals surface area contributed by atoms with Crippen molar-refractivity contribution in [3.63, 3.8) is 0 Å². The molecule has 22 heavy (non-hydrogen) atoms. The van der Waals surface area contributed by atoms with Crippen molar-refractivity contribution in [2.75, 3.05) is 19.8 Å². The summed E-state index contributed by atoms with van der Waals surface area (Å²) in [7, 11) is -4.56. The summed E-state index contributed by atoms with van der Waals surface area (Å²) in [5, 5.41) is 8.92. The highest BCUT2D eigenvalue weighted by atomic mass is 31.2. The average molecular weight is 340 g/mol. The Morgan fingerprint density at radius 2 is 1.41 bits per heavy atom. The molecule has 0 spiro atoms. The minimum absolute atomic E-state index is 0.000954. The molecule has 134 valence electrons. The number of rotatable bonds is 16. The van der Waals surface area contributed by atoms with E-state index in [0.717, 1.165) is 12.8 Å². The molecule has 0 aliphatic heterocycles. The van der Waals surface area contributed by atoms with E-state index in [1.54, 1.807) is 0 Å². The van der Waals surface area contributed by atoms with Crippen molar-refractivity contribution in [3.8, 4) is 0 Å². The fourth-order valence-electron chi connectivity index (χ4n) is 2.22. The van der Waals surface area contributed by atoms with Gasteiger partial charge in [0.15, 0.2) is 0 Å². The third-order valence-electron chi connectivity index (χ3n) is 3.44. The van der Waals surface area contributed by atoms with Crippen LogP contribution in [0.5, 0.6) is 0 Å². The van der Waals surface area contributed by atoms with Crippen molar-refractivity contribution in [2.45, 2.75) is 77.2 Å². The van der Waals surface area contributed by atoms with E-state index in [2.05, 4.69) is 11.4 Å². The van der Waals surface area contributed by atoms with E-state index in [1.807, 2.05) is 0 Å². The molecule has 0 heterocycles. The molecular weight excluding hydrogens is 307 g/mol. The normalized spacial score (nSPS) is 13.5. The van der Waals surface area contributed by atoms with Crippen LogP contribution in [0.4, 0.5) is 0 Å². The van der Waals surface area contributed by atoms with E-state index >= 15 is 0 Å². The van der Waals surface area contributed by atoms with Gasteiger partial charge in [0, 0.05) is 6.61 Å². The van der Waals surface area contributed by atoms with Gasteiger partial charge in [-0.3, -0.25) is 4.52 Å². The first-order chi connectivity index (χ1) is 10.5. The van der Waals surface area contributed by atoms with E-state index < -0.39 is 20.5 Å². The van der Waals surface area contributed by atoms with Crippen LogP contribution in [0.15, 0.2) is 0 Å². The SMILES string of the molecule is CCCCCCCCCCCCOCC(CO)OP(=O)(O)O. The number of hydrogen-bond acceptors (Lipinski definition) is 4. The highest BCUT2D eigenvalue weighted by Crippen LogP contribution is 2.37. The van der Waals surface area contributed by atoms with Gasteiger partial charge in [0.1, 0.15) is 6.10 Å². The maximum atomic E-state index is 10.6. The Morgan fingerprint density at radius 1 is 0.909 bits per heavy atom. The summed E-state index contributed by atoms with van der Waals surface area (Å²) >= 11 is 0. The summed E-state index contributed by atoms with van der Waals surface area (Å²) in [4.78, 5) is 17.3. The van der Waals surface area contributed by atoms with E-state index in [4.69, 9.17) is 19.6 Å². The van der Waals surface area contributed by atoms with Crippen molar-refractivity contribution < 1.29 is 28.7 Å². The first kappa shape index (κ1) is 22.0. The topological polar surface area (TPSA) is 96.2 Å². The molecule has 0 saturated carbocycles. The number of aliphatic hydroxyl groups is 1.